The van der Waals surface area contributed by atoms with Gasteiger partial charge in [-0.2, -0.15) is 0 Å². The van der Waals surface area contributed by atoms with Gasteiger partial charge < -0.3 is 15.0 Å². The first-order valence-corrected chi connectivity index (χ1v) is 8.66. The highest BCUT2D eigenvalue weighted by Crippen LogP contribution is 2.15. The molecular weight excluding hydrogens is 325 g/mol. The van der Waals surface area contributed by atoms with Crippen LogP contribution in [0.2, 0.25) is 0 Å². The van der Waals surface area contributed by atoms with Crippen molar-refractivity contribution in [2.24, 2.45) is 0 Å². The monoisotopic (exact) mass is 351 g/mol. The number of halogens is 1. The first kappa shape index (κ1) is 19.2. The van der Waals surface area contributed by atoms with E-state index in [2.05, 4.69) is 5.32 Å². The smallest absolute Gasteiger partial charge is 0.260 e. The molecule has 25 heavy (non-hydrogen) atoms. The fourth-order valence-corrected chi connectivity index (χ4v) is 2.57. The van der Waals surface area contributed by atoms with E-state index in [4.69, 9.17) is 4.74 Å². The summed E-state index contributed by atoms with van der Waals surface area (Å²) in [6.07, 6.45) is 0.899. The number of benzene rings is 1. The number of nitrogens with zero attached hydrogens (tertiary/aromatic N) is 2. The van der Waals surface area contributed by atoms with E-state index in [-0.39, 0.29) is 30.2 Å². The molecule has 1 aromatic carbocycles. The lowest BCUT2D eigenvalue weighted by Gasteiger charge is -2.34. The highest BCUT2D eigenvalue weighted by Gasteiger charge is 2.23. The summed E-state index contributed by atoms with van der Waals surface area (Å²) in [5.74, 6) is -0.562. The highest BCUT2D eigenvalue weighted by atomic mass is 19.1. The van der Waals surface area contributed by atoms with Crippen LogP contribution in [0.3, 0.4) is 0 Å². The summed E-state index contributed by atoms with van der Waals surface area (Å²) >= 11 is 0. The number of rotatable bonds is 7. The van der Waals surface area contributed by atoms with Gasteiger partial charge in [0.2, 0.25) is 5.91 Å². The molecule has 1 heterocycles. The molecule has 0 saturated carbocycles. The largest absolute Gasteiger partial charge is 0.481 e. The zero-order chi connectivity index (χ0) is 18.2. The van der Waals surface area contributed by atoms with Gasteiger partial charge in [0.25, 0.3) is 5.91 Å². The molecule has 1 N–H and O–H groups in total. The zero-order valence-corrected chi connectivity index (χ0v) is 14.8. The third-order valence-electron chi connectivity index (χ3n) is 4.30. The van der Waals surface area contributed by atoms with Crippen molar-refractivity contribution in [2.75, 3.05) is 39.3 Å². The van der Waals surface area contributed by atoms with Crippen molar-refractivity contribution in [3.05, 3.63) is 30.1 Å². The third-order valence-corrected chi connectivity index (χ3v) is 4.30. The van der Waals surface area contributed by atoms with E-state index in [1.165, 1.54) is 12.1 Å². The first-order chi connectivity index (χ1) is 12.0. The van der Waals surface area contributed by atoms with Crippen LogP contribution in [0, 0.1) is 5.82 Å². The van der Waals surface area contributed by atoms with E-state index in [0.29, 0.717) is 32.7 Å². The number of piperazine rings is 1. The number of para-hydroxylation sites is 1. The Balaban J connectivity index is 1.71. The van der Waals surface area contributed by atoms with Crippen molar-refractivity contribution >= 4 is 11.8 Å². The average Bonchev–Trinajstić information content (AvgIpc) is 2.61. The molecule has 1 aliphatic heterocycles. The van der Waals surface area contributed by atoms with Crippen molar-refractivity contribution in [2.45, 2.75) is 26.3 Å². The van der Waals surface area contributed by atoms with Gasteiger partial charge in [-0.25, -0.2) is 4.39 Å². The van der Waals surface area contributed by atoms with Gasteiger partial charge in [0.05, 0.1) is 6.54 Å². The van der Waals surface area contributed by atoms with E-state index in [1.54, 1.807) is 17.0 Å². The fraction of sp³-hybridized carbons (Fsp3) is 0.556. The van der Waals surface area contributed by atoms with Crippen LogP contribution in [0.15, 0.2) is 24.3 Å². The van der Waals surface area contributed by atoms with Crippen molar-refractivity contribution in [1.29, 1.82) is 0 Å². The second-order valence-corrected chi connectivity index (χ2v) is 6.25. The number of carbonyl (C=O) groups is 2. The molecule has 2 rings (SSSR count). The summed E-state index contributed by atoms with van der Waals surface area (Å²) in [6.45, 7) is 6.52. The Kier molecular flexibility index (Phi) is 7.18. The van der Waals surface area contributed by atoms with Crippen LogP contribution in [0.1, 0.15) is 20.3 Å². The van der Waals surface area contributed by atoms with E-state index in [0.717, 1.165) is 6.42 Å². The standard InChI is InChI=1S/C18H26FN3O3/c1-3-14(2)20-17(23)12-21-8-10-22(11-9-21)18(24)13-25-16-7-5-4-6-15(16)19/h4-7,14H,3,8-13H2,1-2H3,(H,20,23). The van der Waals surface area contributed by atoms with Crippen LogP contribution in [0.4, 0.5) is 4.39 Å². The topological polar surface area (TPSA) is 61.9 Å². The van der Waals surface area contributed by atoms with Crippen LogP contribution in [-0.4, -0.2) is 67.0 Å². The number of carbonyl (C=O) groups excluding carboxylic acids is 2. The second kappa shape index (κ2) is 9.36. The average molecular weight is 351 g/mol. The minimum absolute atomic E-state index is 0.0111. The Labute approximate surface area is 147 Å². The molecule has 1 unspecified atom stereocenters. The first-order valence-electron chi connectivity index (χ1n) is 8.66. The molecule has 0 aliphatic carbocycles. The molecule has 0 aromatic heterocycles. The van der Waals surface area contributed by atoms with Crippen LogP contribution < -0.4 is 10.1 Å². The third kappa shape index (κ3) is 6.01. The lowest BCUT2D eigenvalue weighted by molar-refractivity contribution is -0.135. The lowest BCUT2D eigenvalue weighted by Crippen LogP contribution is -2.52. The van der Waals surface area contributed by atoms with E-state index < -0.39 is 5.82 Å². The molecule has 1 aromatic rings. The highest BCUT2D eigenvalue weighted by molar-refractivity contribution is 5.79. The Hall–Kier alpha value is -2.15. The van der Waals surface area contributed by atoms with Crippen LogP contribution >= 0.6 is 0 Å². The summed E-state index contributed by atoms with van der Waals surface area (Å²) in [5, 5.41) is 2.94. The van der Waals surface area contributed by atoms with Crippen molar-refractivity contribution in [1.82, 2.24) is 15.1 Å². The van der Waals surface area contributed by atoms with Crippen LogP contribution in [-0.2, 0) is 9.59 Å². The Bertz CT molecular complexity index is 589. The van der Waals surface area contributed by atoms with Crippen LogP contribution in [0.25, 0.3) is 0 Å². The van der Waals surface area contributed by atoms with Gasteiger partial charge >= 0.3 is 0 Å². The predicted octanol–water partition coefficient (Wildman–Crippen LogP) is 1.26. The Morgan fingerprint density at radius 2 is 1.92 bits per heavy atom. The van der Waals surface area contributed by atoms with Crippen LogP contribution in [0.5, 0.6) is 5.75 Å². The summed E-state index contributed by atoms with van der Waals surface area (Å²) < 4.78 is 18.7. The van der Waals surface area contributed by atoms with Gasteiger partial charge in [0, 0.05) is 32.2 Å². The molecule has 1 fully saturated rings. The number of amides is 2. The van der Waals surface area contributed by atoms with Gasteiger partial charge in [-0.3, -0.25) is 14.5 Å². The van der Waals surface area contributed by atoms with Crippen molar-refractivity contribution < 1.29 is 18.7 Å². The van der Waals surface area contributed by atoms with E-state index in [9.17, 15) is 14.0 Å². The number of hydrogen-bond donors (Lipinski definition) is 1. The molecule has 1 atom stereocenters. The molecule has 1 aliphatic rings. The molecule has 138 valence electrons. The minimum Gasteiger partial charge on any atom is -0.481 e. The molecule has 6 nitrogen and oxygen atoms in total. The zero-order valence-electron chi connectivity index (χ0n) is 14.8. The van der Waals surface area contributed by atoms with Gasteiger partial charge in [-0.1, -0.05) is 19.1 Å². The molecule has 0 radical (unpaired) electrons. The van der Waals surface area contributed by atoms with Crippen molar-refractivity contribution in [3.63, 3.8) is 0 Å². The molecule has 7 heteroatoms. The summed E-state index contributed by atoms with van der Waals surface area (Å²) in [6, 6.07) is 6.19. The molecule has 0 spiro atoms. The maximum absolute atomic E-state index is 13.5. The maximum atomic E-state index is 13.5. The molecule has 0 bridgehead atoms. The Morgan fingerprint density at radius 1 is 1.24 bits per heavy atom. The van der Waals surface area contributed by atoms with Gasteiger partial charge in [0.1, 0.15) is 0 Å². The number of ether oxygens (including phenoxy) is 1. The number of hydrogen-bond acceptors (Lipinski definition) is 4. The lowest BCUT2D eigenvalue weighted by atomic mass is 10.2. The molecular formula is C18H26FN3O3. The van der Waals surface area contributed by atoms with Gasteiger partial charge in [-0.15, -0.1) is 0 Å². The quantitative estimate of drug-likeness (QED) is 0.804. The van der Waals surface area contributed by atoms with Gasteiger partial charge in [-0.05, 0) is 25.5 Å². The Morgan fingerprint density at radius 3 is 2.56 bits per heavy atom. The molecule has 1 saturated heterocycles. The van der Waals surface area contributed by atoms with Crippen molar-refractivity contribution in [3.8, 4) is 5.75 Å². The summed E-state index contributed by atoms with van der Waals surface area (Å²) in [5.41, 5.74) is 0. The number of nitrogens with one attached hydrogen (secondary N) is 1. The van der Waals surface area contributed by atoms with Gasteiger partial charge in [0.15, 0.2) is 18.2 Å². The molecule has 2 amide bonds. The van der Waals surface area contributed by atoms with E-state index >= 15 is 0 Å². The van der Waals surface area contributed by atoms with E-state index in [1.807, 2.05) is 18.7 Å². The summed E-state index contributed by atoms with van der Waals surface area (Å²) in [4.78, 5) is 27.8. The fourth-order valence-electron chi connectivity index (χ4n) is 2.57. The maximum Gasteiger partial charge on any atom is 0.260 e. The summed E-state index contributed by atoms with van der Waals surface area (Å²) in [7, 11) is 0. The predicted molar refractivity (Wildman–Crippen MR) is 92.8 cm³/mol. The SMILES string of the molecule is CCC(C)NC(=O)CN1CCN(C(=O)COc2ccccc2F)CC1. The second-order valence-electron chi connectivity index (χ2n) is 6.25. The minimum atomic E-state index is -0.479. The normalized spacial score (nSPS) is 16.4.